The van der Waals surface area contributed by atoms with Crippen molar-refractivity contribution in [1.82, 2.24) is 0 Å². The van der Waals surface area contributed by atoms with Gasteiger partial charge in [-0.1, -0.05) is 51.4 Å². The Labute approximate surface area is 137 Å². The Bertz CT molecular complexity index is 343. The van der Waals surface area contributed by atoms with Gasteiger partial charge in [0.15, 0.2) is 0 Å². The molecule has 0 aliphatic rings. The van der Waals surface area contributed by atoms with E-state index in [-0.39, 0.29) is 0 Å². The maximum Gasteiger partial charge on any atom is 0.331 e. The van der Waals surface area contributed by atoms with Crippen LogP contribution >= 0.6 is 0 Å². The van der Waals surface area contributed by atoms with E-state index < -0.39 is 28.1 Å². The molecule has 4 nitrogen and oxygen atoms in total. The van der Waals surface area contributed by atoms with Crippen LogP contribution < -0.4 is 0 Å². The third-order valence-electron chi connectivity index (χ3n) is 2.99. The Morgan fingerprint density at radius 3 is 1.32 bits per heavy atom. The van der Waals surface area contributed by atoms with Crippen LogP contribution in [0.15, 0.2) is 12.2 Å². The Morgan fingerprint density at radius 2 is 1.05 bits per heavy atom. The predicted octanol–water partition coefficient (Wildman–Crippen LogP) is 4.09. The molecular formula is C16H32O4Si2. The Kier molecular flexibility index (Phi) is 9.59. The maximum absolute atomic E-state index is 11.4. The number of rotatable bonds is 10. The molecule has 0 unspecified atom stereocenters. The first-order valence-electron chi connectivity index (χ1n) is 8.01. The largest absolute Gasteiger partial charge is 0.463 e. The molecule has 0 bridgehead atoms. The summed E-state index contributed by atoms with van der Waals surface area (Å²) in [5.74, 6) is -0.954. The Balaban J connectivity index is 3.76. The third-order valence-corrected chi connectivity index (χ3v) is 6.69. The van der Waals surface area contributed by atoms with Gasteiger partial charge in [-0.2, -0.15) is 0 Å². The van der Waals surface area contributed by atoms with E-state index >= 15 is 0 Å². The standard InChI is InChI=1S/C16H32O4Si2/c1-21(2,3)13-7-11-19-15(17)9-10-16(18)20-12-8-14-22(4,5)6/h9-10H,7-8,11-14H2,1-6H3/b10-9+. The van der Waals surface area contributed by atoms with Gasteiger partial charge in [0.2, 0.25) is 0 Å². The minimum Gasteiger partial charge on any atom is -0.463 e. The number of carbonyl (C=O) groups excluding carboxylic acids is 2. The zero-order valence-corrected chi connectivity index (χ0v) is 17.0. The van der Waals surface area contributed by atoms with Crippen LogP contribution in [0.4, 0.5) is 0 Å². The normalized spacial score (nSPS) is 12.5. The summed E-state index contributed by atoms with van der Waals surface area (Å²) in [6.07, 6.45) is 4.07. The van der Waals surface area contributed by atoms with Crippen molar-refractivity contribution in [2.45, 2.75) is 64.2 Å². The van der Waals surface area contributed by atoms with Gasteiger partial charge in [0.1, 0.15) is 0 Å². The second kappa shape index (κ2) is 10.00. The molecule has 128 valence electrons. The van der Waals surface area contributed by atoms with Crippen molar-refractivity contribution in [3.63, 3.8) is 0 Å². The van der Waals surface area contributed by atoms with Crippen molar-refractivity contribution >= 4 is 28.1 Å². The summed E-state index contributed by atoms with van der Waals surface area (Å²) >= 11 is 0. The average Bonchev–Trinajstić information content (AvgIpc) is 2.35. The number of carbonyl (C=O) groups is 2. The molecule has 0 rings (SSSR count). The Hall–Kier alpha value is -0.886. The molecule has 0 aromatic heterocycles. The summed E-state index contributed by atoms with van der Waals surface area (Å²) < 4.78 is 10.1. The summed E-state index contributed by atoms with van der Waals surface area (Å²) in [4.78, 5) is 22.9. The van der Waals surface area contributed by atoms with Gasteiger partial charge in [-0.05, 0) is 12.8 Å². The number of hydrogen-bond acceptors (Lipinski definition) is 4. The molecule has 0 aromatic rings. The first kappa shape index (κ1) is 21.1. The number of ether oxygens (including phenoxy) is 2. The average molecular weight is 345 g/mol. The molecule has 0 amide bonds. The molecule has 22 heavy (non-hydrogen) atoms. The van der Waals surface area contributed by atoms with Crippen molar-refractivity contribution in [3.8, 4) is 0 Å². The van der Waals surface area contributed by atoms with Crippen LogP contribution in [0.1, 0.15) is 12.8 Å². The Morgan fingerprint density at radius 1 is 0.727 bits per heavy atom. The predicted molar refractivity (Wildman–Crippen MR) is 96.6 cm³/mol. The summed E-state index contributed by atoms with van der Waals surface area (Å²) in [5.41, 5.74) is 0. The lowest BCUT2D eigenvalue weighted by atomic mass is 10.4. The van der Waals surface area contributed by atoms with Crippen molar-refractivity contribution in [2.75, 3.05) is 13.2 Å². The minimum absolute atomic E-state index is 0.415. The highest BCUT2D eigenvalue weighted by atomic mass is 28.3. The molecule has 0 saturated heterocycles. The quantitative estimate of drug-likeness (QED) is 0.259. The van der Waals surface area contributed by atoms with Gasteiger partial charge < -0.3 is 9.47 Å². The molecule has 6 heteroatoms. The summed E-state index contributed by atoms with van der Waals surface area (Å²) in [6.45, 7) is 14.5. The number of hydrogen-bond donors (Lipinski definition) is 0. The molecule has 0 radical (unpaired) electrons. The fourth-order valence-corrected chi connectivity index (χ4v) is 4.19. The SMILES string of the molecule is C[Si](C)(C)CCCOC(=O)/C=C/C(=O)OCCC[Si](C)(C)C. The lowest BCUT2D eigenvalue weighted by Gasteiger charge is -2.14. The van der Waals surface area contributed by atoms with Crippen molar-refractivity contribution in [2.24, 2.45) is 0 Å². The van der Waals surface area contributed by atoms with Crippen LogP contribution in [-0.4, -0.2) is 41.3 Å². The fourth-order valence-electron chi connectivity index (χ4n) is 1.78. The maximum atomic E-state index is 11.4. The van der Waals surface area contributed by atoms with Crippen molar-refractivity contribution in [1.29, 1.82) is 0 Å². The molecule has 0 heterocycles. The van der Waals surface area contributed by atoms with E-state index in [0.717, 1.165) is 37.1 Å². The highest BCUT2D eigenvalue weighted by molar-refractivity contribution is 6.76. The van der Waals surface area contributed by atoms with Gasteiger partial charge >= 0.3 is 11.9 Å². The molecule has 0 aliphatic heterocycles. The molecule has 0 fully saturated rings. The molecule has 0 aromatic carbocycles. The van der Waals surface area contributed by atoms with E-state index in [2.05, 4.69) is 39.3 Å². The minimum atomic E-state index is -1.08. The highest BCUT2D eigenvalue weighted by Gasteiger charge is 2.13. The van der Waals surface area contributed by atoms with Gasteiger partial charge in [-0.3, -0.25) is 0 Å². The van der Waals surface area contributed by atoms with Crippen LogP contribution in [0, 0.1) is 0 Å². The van der Waals surface area contributed by atoms with Crippen LogP contribution in [0.25, 0.3) is 0 Å². The van der Waals surface area contributed by atoms with Crippen molar-refractivity contribution in [3.05, 3.63) is 12.2 Å². The highest BCUT2D eigenvalue weighted by Crippen LogP contribution is 2.11. The van der Waals surface area contributed by atoms with Crippen molar-refractivity contribution < 1.29 is 19.1 Å². The van der Waals surface area contributed by atoms with Gasteiger partial charge in [-0.15, -0.1) is 0 Å². The van der Waals surface area contributed by atoms with E-state index in [1.54, 1.807) is 0 Å². The molecule has 0 saturated carbocycles. The summed E-state index contributed by atoms with van der Waals surface area (Å²) in [5, 5.41) is 0. The van der Waals surface area contributed by atoms with Gasteiger partial charge in [0.05, 0.1) is 13.2 Å². The van der Waals surface area contributed by atoms with Crippen LogP contribution in [0.5, 0.6) is 0 Å². The van der Waals surface area contributed by atoms with E-state index in [4.69, 9.17) is 9.47 Å². The molecule has 0 N–H and O–H groups in total. The second-order valence-corrected chi connectivity index (χ2v) is 19.2. The lowest BCUT2D eigenvalue weighted by molar-refractivity contribution is -0.140. The van der Waals surface area contributed by atoms with Crippen LogP contribution in [0.2, 0.25) is 51.4 Å². The van der Waals surface area contributed by atoms with Gasteiger partial charge in [0.25, 0.3) is 0 Å². The zero-order valence-electron chi connectivity index (χ0n) is 15.0. The monoisotopic (exact) mass is 344 g/mol. The first-order valence-corrected chi connectivity index (χ1v) is 15.4. The van der Waals surface area contributed by atoms with E-state index in [9.17, 15) is 9.59 Å². The molecule has 0 atom stereocenters. The molecule has 0 aliphatic carbocycles. The van der Waals surface area contributed by atoms with E-state index in [1.165, 1.54) is 0 Å². The van der Waals surface area contributed by atoms with Crippen LogP contribution in [0.3, 0.4) is 0 Å². The third kappa shape index (κ3) is 15.5. The smallest absolute Gasteiger partial charge is 0.331 e. The van der Waals surface area contributed by atoms with E-state index in [0.29, 0.717) is 13.2 Å². The van der Waals surface area contributed by atoms with Crippen LogP contribution in [-0.2, 0) is 19.1 Å². The molecule has 0 spiro atoms. The summed E-state index contributed by atoms with van der Waals surface area (Å²) in [7, 11) is -2.16. The number of esters is 2. The fraction of sp³-hybridized carbons (Fsp3) is 0.750. The first-order chi connectivity index (χ1) is 9.99. The zero-order chi connectivity index (χ0) is 17.2. The summed E-state index contributed by atoms with van der Waals surface area (Å²) in [6, 6.07) is 2.26. The molecular weight excluding hydrogens is 312 g/mol. The topological polar surface area (TPSA) is 52.6 Å². The van der Waals surface area contributed by atoms with E-state index in [1.807, 2.05) is 0 Å². The van der Waals surface area contributed by atoms with Gasteiger partial charge in [-0.25, -0.2) is 9.59 Å². The second-order valence-electron chi connectivity index (χ2n) is 8.00. The lowest BCUT2D eigenvalue weighted by Crippen LogP contribution is -2.20. The van der Waals surface area contributed by atoms with Gasteiger partial charge in [0, 0.05) is 28.3 Å².